The molecule has 0 atom stereocenters. The Morgan fingerprint density at radius 2 is 1.00 bits per heavy atom. The first-order chi connectivity index (χ1) is 9.51. The Labute approximate surface area is 119 Å². The average Bonchev–Trinajstić information content (AvgIpc) is 2.36. The Bertz CT molecular complexity index is 645. The van der Waals surface area contributed by atoms with Crippen LogP contribution in [0.15, 0.2) is 24.6 Å². The van der Waals surface area contributed by atoms with Crippen LogP contribution in [0.2, 0.25) is 0 Å². The van der Waals surface area contributed by atoms with E-state index in [1.165, 1.54) is 0 Å². The maximum atomic E-state index is 10.2. The second kappa shape index (κ2) is 6.96. The second-order valence-corrected chi connectivity index (χ2v) is 4.90. The van der Waals surface area contributed by atoms with E-state index >= 15 is 0 Å². The van der Waals surface area contributed by atoms with Gasteiger partial charge in [-0.25, -0.2) is 14.4 Å². The molecular weight excluding hydrogens is 278 g/mol. The monoisotopic (exact) mass is 293 g/mol. The molecule has 10 nitrogen and oxygen atoms in total. The topological polar surface area (TPSA) is 171 Å². The Hall–Kier alpha value is -3.01. The Morgan fingerprint density at radius 1 is 0.762 bits per heavy atom. The van der Waals surface area contributed by atoms with Crippen LogP contribution >= 0.6 is 0 Å². The van der Waals surface area contributed by atoms with Crippen LogP contribution in [0.25, 0.3) is 0 Å². The molecule has 0 amide bonds. The van der Waals surface area contributed by atoms with E-state index in [4.69, 9.17) is 10.5 Å². The Balaban J connectivity index is 0.000000394. The van der Waals surface area contributed by atoms with Gasteiger partial charge < -0.3 is 0 Å². The molecule has 1 rings (SSSR count). The van der Waals surface area contributed by atoms with E-state index in [2.05, 4.69) is 10.2 Å². The van der Waals surface area contributed by atoms with Gasteiger partial charge in [0.25, 0.3) is 0 Å². The molecule has 0 radical (unpaired) electrons. The van der Waals surface area contributed by atoms with Crippen molar-refractivity contribution in [3.05, 3.63) is 31.5 Å². The van der Waals surface area contributed by atoms with Gasteiger partial charge in [0.05, 0.1) is 12.1 Å². The van der Waals surface area contributed by atoms with Crippen LogP contribution in [0.3, 0.4) is 0 Å². The normalized spacial score (nSPS) is 11.1. The van der Waals surface area contributed by atoms with Crippen LogP contribution in [0.4, 0.5) is 0 Å². The molecular formula is C11H15N7O3. The summed E-state index contributed by atoms with van der Waals surface area (Å²) in [5.41, 5.74) is -4.08. The zero-order valence-corrected chi connectivity index (χ0v) is 12.0. The standard InChI is InChI=1S/C8H12N4.C3H3N3O3/c1-7(2,5-9)11-12-8(3,4)6-10;7-1-4-2(8)6-3(9)5-1/h1-4H3;(H3,4,5,6,7,8,9). The van der Waals surface area contributed by atoms with Crippen molar-refractivity contribution < 1.29 is 0 Å². The number of nitrogens with one attached hydrogen (secondary N) is 3. The predicted octanol–water partition coefficient (Wildman–Crippen LogP) is -0.206. The molecule has 0 saturated carbocycles. The lowest BCUT2D eigenvalue weighted by atomic mass is 10.1. The van der Waals surface area contributed by atoms with Crippen LogP contribution in [0.1, 0.15) is 27.7 Å². The molecule has 21 heavy (non-hydrogen) atoms. The number of aromatic nitrogens is 3. The van der Waals surface area contributed by atoms with Gasteiger partial charge in [-0.3, -0.25) is 15.0 Å². The second-order valence-electron chi connectivity index (χ2n) is 4.90. The molecule has 0 spiro atoms. The highest BCUT2D eigenvalue weighted by Gasteiger charge is 2.19. The fraction of sp³-hybridized carbons (Fsp3) is 0.545. The van der Waals surface area contributed by atoms with E-state index < -0.39 is 28.1 Å². The van der Waals surface area contributed by atoms with Gasteiger partial charge in [0.2, 0.25) is 0 Å². The van der Waals surface area contributed by atoms with Gasteiger partial charge in [0.1, 0.15) is 0 Å². The molecule has 1 aromatic rings. The number of nitrogens with zero attached hydrogens (tertiary/aromatic N) is 4. The lowest BCUT2D eigenvalue weighted by molar-refractivity contribution is 0.541. The van der Waals surface area contributed by atoms with Crippen molar-refractivity contribution in [3.8, 4) is 12.1 Å². The van der Waals surface area contributed by atoms with E-state index in [-0.39, 0.29) is 0 Å². The summed E-state index contributed by atoms with van der Waals surface area (Å²) < 4.78 is 0. The van der Waals surface area contributed by atoms with Crippen molar-refractivity contribution in [2.24, 2.45) is 10.2 Å². The van der Waals surface area contributed by atoms with Crippen LogP contribution in [0.5, 0.6) is 0 Å². The van der Waals surface area contributed by atoms with Gasteiger partial charge in [-0.05, 0) is 27.7 Å². The van der Waals surface area contributed by atoms with Crippen LogP contribution < -0.4 is 17.1 Å². The van der Waals surface area contributed by atoms with Gasteiger partial charge in [-0.2, -0.15) is 20.8 Å². The van der Waals surface area contributed by atoms with Crippen LogP contribution in [-0.4, -0.2) is 26.0 Å². The van der Waals surface area contributed by atoms with Gasteiger partial charge in [0.15, 0.2) is 11.1 Å². The molecule has 0 aliphatic rings. The maximum Gasteiger partial charge on any atom is 0.330 e. The SMILES string of the molecule is CC(C)(C#N)N=NC(C)(C)C#N.O=c1[nH]c(=O)[nH]c(=O)[nH]1. The number of nitriles is 2. The number of aromatic amines is 3. The third kappa shape index (κ3) is 7.89. The number of hydrogen-bond acceptors (Lipinski definition) is 7. The molecule has 112 valence electrons. The summed E-state index contributed by atoms with van der Waals surface area (Å²) in [7, 11) is 0. The quantitative estimate of drug-likeness (QED) is 0.639. The first-order valence-electron chi connectivity index (χ1n) is 5.71. The molecule has 0 saturated heterocycles. The van der Waals surface area contributed by atoms with Crippen molar-refractivity contribution in [1.29, 1.82) is 10.5 Å². The number of azo groups is 1. The molecule has 0 unspecified atom stereocenters. The first kappa shape index (κ1) is 18.0. The van der Waals surface area contributed by atoms with Gasteiger partial charge in [-0.15, -0.1) is 0 Å². The lowest BCUT2D eigenvalue weighted by Crippen LogP contribution is -2.34. The van der Waals surface area contributed by atoms with Gasteiger partial charge >= 0.3 is 17.1 Å². The largest absolute Gasteiger partial charge is 0.330 e. The zero-order valence-electron chi connectivity index (χ0n) is 12.0. The first-order valence-corrected chi connectivity index (χ1v) is 5.71. The minimum Gasteiger partial charge on any atom is -0.259 e. The minimum absolute atomic E-state index is 0.802. The number of hydrogen-bond donors (Lipinski definition) is 3. The lowest BCUT2D eigenvalue weighted by Gasteiger charge is -2.11. The van der Waals surface area contributed by atoms with E-state index in [1.54, 1.807) is 42.6 Å². The van der Waals surface area contributed by atoms with Crippen molar-refractivity contribution >= 4 is 0 Å². The average molecular weight is 293 g/mol. The highest BCUT2D eigenvalue weighted by Crippen LogP contribution is 2.13. The smallest absolute Gasteiger partial charge is 0.259 e. The summed E-state index contributed by atoms with van der Waals surface area (Å²) in [6, 6.07) is 3.94. The number of H-pyrrole nitrogens is 3. The molecule has 1 aromatic heterocycles. The Kier molecular flexibility index (Phi) is 5.96. The van der Waals surface area contributed by atoms with Crippen molar-refractivity contribution in [3.63, 3.8) is 0 Å². The van der Waals surface area contributed by atoms with Gasteiger partial charge in [-0.1, -0.05) is 0 Å². The predicted molar refractivity (Wildman–Crippen MR) is 72.5 cm³/mol. The summed E-state index contributed by atoms with van der Waals surface area (Å²) in [6.07, 6.45) is 0. The zero-order chi connectivity index (χ0) is 16.7. The third-order valence-corrected chi connectivity index (χ3v) is 1.78. The summed E-state index contributed by atoms with van der Waals surface area (Å²) in [6.45, 7) is 6.57. The highest BCUT2D eigenvalue weighted by atomic mass is 16.2. The summed E-state index contributed by atoms with van der Waals surface area (Å²) in [5, 5.41) is 24.7. The molecule has 0 bridgehead atoms. The van der Waals surface area contributed by atoms with Gasteiger partial charge in [0, 0.05) is 0 Å². The summed E-state index contributed by atoms with van der Waals surface area (Å²) >= 11 is 0. The highest BCUT2D eigenvalue weighted by molar-refractivity contribution is 5.03. The number of rotatable bonds is 2. The van der Waals surface area contributed by atoms with E-state index in [0.717, 1.165) is 0 Å². The molecule has 0 aliphatic carbocycles. The van der Waals surface area contributed by atoms with E-state index in [1.807, 2.05) is 12.1 Å². The molecule has 0 aromatic carbocycles. The van der Waals surface area contributed by atoms with Crippen molar-refractivity contribution in [2.45, 2.75) is 38.8 Å². The Morgan fingerprint density at radius 3 is 1.19 bits per heavy atom. The summed E-state index contributed by atoms with van der Waals surface area (Å²) in [4.78, 5) is 35.9. The minimum atomic E-state index is -0.839. The maximum absolute atomic E-state index is 10.2. The molecule has 10 heteroatoms. The van der Waals surface area contributed by atoms with Crippen molar-refractivity contribution in [2.75, 3.05) is 0 Å². The van der Waals surface area contributed by atoms with Crippen LogP contribution in [0, 0.1) is 22.7 Å². The molecule has 0 aliphatic heterocycles. The fourth-order valence-corrected chi connectivity index (χ4v) is 0.698. The van der Waals surface area contributed by atoms with E-state index in [9.17, 15) is 14.4 Å². The van der Waals surface area contributed by atoms with Crippen molar-refractivity contribution in [1.82, 2.24) is 15.0 Å². The summed E-state index contributed by atoms with van der Waals surface area (Å²) in [5.74, 6) is 0. The fourth-order valence-electron chi connectivity index (χ4n) is 0.698. The molecule has 3 N–H and O–H groups in total. The molecule has 0 fully saturated rings. The van der Waals surface area contributed by atoms with E-state index in [0.29, 0.717) is 0 Å². The van der Waals surface area contributed by atoms with Crippen LogP contribution in [-0.2, 0) is 0 Å². The molecule has 1 heterocycles. The third-order valence-electron chi connectivity index (χ3n) is 1.78.